The largest absolute Gasteiger partial charge is 0.140 e. The Balaban J connectivity index is 1.51. The minimum Gasteiger partial charge on any atom is -0.140 e. The highest BCUT2D eigenvalue weighted by Gasteiger charge is 2.16. The quantitative estimate of drug-likeness (QED) is 0.228. The fourth-order valence-corrected chi connectivity index (χ4v) is 7.88. The second kappa shape index (κ2) is 6.83. The molecule has 3 heteroatoms. The van der Waals surface area contributed by atoms with Crippen molar-refractivity contribution in [1.82, 2.24) is 0 Å². The number of hydrogen-bond donors (Lipinski definition) is 0. The summed E-state index contributed by atoms with van der Waals surface area (Å²) < 4.78 is 4.06. The van der Waals surface area contributed by atoms with Crippen molar-refractivity contribution in [2.45, 2.75) is 38.5 Å². The molecule has 0 spiro atoms. The average molecular weight is 465 g/mol. The highest BCUT2D eigenvalue weighted by atomic mass is 79.9. The third kappa shape index (κ3) is 2.91. The molecule has 0 bridgehead atoms. The van der Waals surface area contributed by atoms with Crippen molar-refractivity contribution in [2.75, 3.05) is 0 Å². The van der Waals surface area contributed by atoms with Crippen LogP contribution in [0.1, 0.15) is 37.0 Å². The normalized spacial score (nSPS) is 16.0. The summed E-state index contributed by atoms with van der Waals surface area (Å²) in [7, 11) is 0. The van der Waals surface area contributed by atoms with Gasteiger partial charge in [0.05, 0.1) is 3.79 Å². The van der Waals surface area contributed by atoms with Gasteiger partial charge in [-0.3, -0.25) is 0 Å². The van der Waals surface area contributed by atoms with Crippen molar-refractivity contribution in [3.05, 3.63) is 57.2 Å². The zero-order valence-electron chi connectivity index (χ0n) is 15.6. The molecular weight excluding hydrogens is 444 g/mol. The topological polar surface area (TPSA) is 0 Å². The Labute approximate surface area is 181 Å². The monoisotopic (exact) mass is 464 g/mol. The van der Waals surface area contributed by atoms with Crippen LogP contribution in [0.3, 0.4) is 0 Å². The molecule has 0 amide bonds. The second-order valence-corrected chi connectivity index (χ2v) is 11.8. The van der Waals surface area contributed by atoms with E-state index in [0.717, 1.165) is 5.92 Å². The molecule has 2 heterocycles. The van der Waals surface area contributed by atoms with Crippen LogP contribution >= 0.6 is 38.6 Å². The van der Waals surface area contributed by atoms with Crippen LogP contribution in [0.25, 0.3) is 41.7 Å². The lowest BCUT2D eigenvalue weighted by Gasteiger charge is -2.20. The molecule has 3 aromatic carbocycles. The van der Waals surface area contributed by atoms with E-state index >= 15 is 0 Å². The SMILES string of the molecule is Brc1cc2ccc3cc4c(ccc5cc(CC6CCCCC6)sc54)cc3c2s1. The minimum atomic E-state index is 0.902. The van der Waals surface area contributed by atoms with Crippen molar-refractivity contribution in [1.29, 1.82) is 0 Å². The molecule has 0 saturated heterocycles. The number of fused-ring (bicyclic) bond motifs is 6. The third-order valence-electron chi connectivity index (χ3n) is 6.35. The first-order chi connectivity index (χ1) is 13.7. The summed E-state index contributed by atoms with van der Waals surface area (Å²) in [6, 6.07) is 18.7. The van der Waals surface area contributed by atoms with Crippen molar-refractivity contribution in [3.63, 3.8) is 0 Å². The summed E-state index contributed by atoms with van der Waals surface area (Å²) >= 11 is 7.52. The van der Waals surface area contributed by atoms with Crippen molar-refractivity contribution in [2.24, 2.45) is 5.92 Å². The van der Waals surface area contributed by atoms with Gasteiger partial charge in [-0.1, -0.05) is 56.4 Å². The molecule has 0 nitrogen and oxygen atoms in total. The highest BCUT2D eigenvalue weighted by molar-refractivity contribution is 9.11. The van der Waals surface area contributed by atoms with E-state index in [1.807, 2.05) is 22.7 Å². The first-order valence-electron chi connectivity index (χ1n) is 10.2. The standard InChI is InChI=1S/C25H21BrS2/c26-23-14-19-9-7-17-12-21-16(13-22(17)25(19)28-23)6-8-18-11-20(27-24(18)21)10-15-4-2-1-3-5-15/h6-9,11-15H,1-5,10H2. The Kier molecular flexibility index (Phi) is 4.25. The maximum atomic E-state index is 3.66. The fraction of sp³-hybridized carbons (Fsp3) is 0.280. The molecule has 2 aromatic heterocycles. The third-order valence-corrected chi connectivity index (χ3v) is 9.25. The fourth-order valence-electron chi connectivity index (χ4n) is 4.94. The van der Waals surface area contributed by atoms with Gasteiger partial charge in [0.25, 0.3) is 0 Å². The number of benzene rings is 3. The minimum absolute atomic E-state index is 0.902. The van der Waals surface area contributed by atoms with Gasteiger partial charge < -0.3 is 0 Å². The summed E-state index contributed by atoms with van der Waals surface area (Å²) in [5.74, 6) is 0.902. The lowest BCUT2D eigenvalue weighted by atomic mass is 9.86. The highest BCUT2D eigenvalue weighted by Crippen LogP contribution is 2.40. The lowest BCUT2D eigenvalue weighted by molar-refractivity contribution is 0.358. The van der Waals surface area contributed by atoms with Gasteiger partial charge in [0.1, 0.15) is 0 Å². The van der Waals surface area contributed by atoms with Crippen molar-refractivity contribution in [3.8, 4) is 0 Å². The summed E-state index contributed by atoms with van der Waals surface area (Å²) in [4.78, 5) is 1.58. The molecule has 140 valence electrons. The molecule has 6 rings (SSSR count). The Bertz CT molecular complexity index is 1330. The van der Waals surface area contributed by atoms with Gasteiger partial charge in [-0.05, 0) is 74.1 Å². The maximum absolute atomic E-state index is 3.66. The van der Waals surface area contributed by atoms with Crippen molar-refractivity contribution < 1.29 is 0 Å². The molecule has 0 atom stereocenters. The molecule has 0 unspecified atom stereocenters. The van der Waals surface area contributed by atoms with Crippen LogP contribution in [0.2, 0.25) is 0 Å². The van der Waals surface area contributed by atoms with Gasteiger partial charge in [0.15, 0.2) is 0 Å². The lowest BCUT2D eigenvalue weighted by Crippen LogP contribution is -2.08. The Morgan fingerprint density at radius 3 is 2.04 bits per heavy atom. The van der Waals surface area contributed by atoms with Gasteiger partial charge in [0, 0.05) is 25.0 Å². The maximum Gasteiger partial charge on any atom is 0.0711 e. The summed E-state index contributed by atoms with van der Waals surface area (Å²) in [6.45, 7) is 0. The molecule has 5 aromatic rings. The van der Waals surface area contributed by atoms with Gasteiger partial charge in [0.2, 0.25) is 0 Å². The van der Waals surface area contributed by atoms with Gasteiger partial charge in [-0.2, -0.15) is 0 Å². The number of hydrogen-bond acceptors (Lipinski definition) is 2. The number of thiophene rings is 2. The Morgan fingerprint density at radius 1 is 0.714 bits per heavy atom. The molecule has 0 aliphatic heterocycles. The molecule has 1 saturated carbocycles. The van der Waals surface area contributed by atoms with E-state index in [-0.39, 0.29) is 0 Å². The predicted molar refractivity (Wildman–Crippen MR) is 130 cm³/mol. The van der Waals surface area contributed by atoms with E-state index in [1.165, 1.54) is 84.0 Å². The van der Waals surface area contributed by atoms with Crippen LogP contribution in [0, 0.1) is 5.92 Å². The second-order valence-electron chi connectivity index (χ2n) is 8.23. The van der Waals surface area contributed by atoms with Crippen LogP contribution in [-0.4, -0.2) is 0 Å². The van der Waals surface area contributed by atoms with Crippen LogP contribution in [0.4, 0.5) is 0 Å². The van der Waals surface area contributed by atoms with Gasteiger partial charge >= 0.3 is 0 Å². The molecule has 0 N–H and O–H groups in total. The zero-order chi connectivity index (χ0) is 18.7. The van der Waals surface area contributed by atoms with Crippen LogP contribution in [0.5, 0.6) is 0 Å². The Morgan fingerprint density at radius 2 is 1.32 bits per heavy atom. The first kappa shape index (κ1) is 17.4. The van der Waals surface area contributed by atoms with E-state index < -0.39 is 0 Å². The van der Waals surface area contributed by atoms with Crippen molar-refractivity contribution >= 4 is 80.3 Å². The van der Waals surface area contributed by atoms with E-state index in [4.69, 9.17) is 0 Å². The summed E-state index contributed by atoms with van der Waals surface area (Å²) in [6.07, 6.45) is 8.42. The summed E-state index contributed by atoms with van der Waals surface area (Å²) in [5.41, 5.74) is 0. The summed E-state index contributed by atoms with van der Waals surface area (Å²) in [5, 5.41) is 8.25. The smallest absolute Gasteiger partial charge is 0.0711 e. The van der Waals surface area contributed by atoms with Gasteiger partial charge in [-0.15, -0.1) is 22.7 Å². The molecule has 1 fully saturated rings. The van der Waals surface area contributed by atoms with E-state index in [1.54, 1.807) is 4.88 Å². The van der Waals surface area contributed by atoms with Crippen LogP contribution in [0.15, 0.2) is 52.3 Å². The van der Waals surface area contributed by atoms with Gasteiger partial charge in [-0.25, -0.2) is 0 Å². The van der Waals surface area contributed by atoms with Crippen LogP contribution < -0.4 is 0 Å². The first-order valence-corrected chi connectivity index (χ1v) is 12.6. The molecule has 1 aliphatic rings. The molecular formula is C25H21BrS2. The molecule has 0 radical (unpaired) electrons. The van der Waals surface area contributed by atoms with E-state index in [0.29, 0.717) is 0 Å². The average Bonchev–Trinajstić information content (AvgIpc) is 3.29. The predicted octanol–water partition coefficient (Wildman–Crippen LogP) is 9.31. The van der Waals surface area contributed by atoms with E-state index in [2.05, 4.69) is 64.5 Å². The van der Waals surface area contributed by atoms with Crippen LogP contribution in [-0.2, 0) is 6.42 Å². The Hall–Kier alpha value is -1.42. The zero-order valence-corrected chi connectivity index (χ0v) is 18.9. The van der Waals surface area contributed by atoms with E-state index in [9.17, 15) is 0 Å². The number of rotatable bonds is 2. The molecule has 1 aliphatic carbocycles. The molecule has 28 heavy (non-hydrogen) atoms. The number of halogens is 1.